The molecule has 3 atom stereocenters. The summed E-state index contributed by atoms with van der Waals surface area (Å²) in [4.78, 5) is 30.1. The Morgan fingerprint density at radius 1 is 0.812 bits per heavy atom. The molecule has 32 heavy (non-hydrogen) atoms. The summed E-state index contributed by atoms with van der Waals surface area (Å²) < 4.78 is 5.33. The highest BCUT2D eigenvalue weighted by atomic mass is 16.6. The van der Waals surface area contributed by atoms with E-state index in [2.05, 4.69) is 29.2 Å². The van der Waals surface area contributed by atoms with Crippen LogP contribution >= 0.6 is 0 Å². The van der Waals surface area contributed by atoms with Gasteiger partial charge in [0.1, 0.15) is 12.6 Å². The number of imide groups is 1. The summed E-state index contributed by atoms with van der Waals surface area (Å²) >= 11 is 0. The number of likely N-dealkylation sites (tertiary alicyclic amines) is 1. The fourth-order valence-electron chi connectivity index (χ4n) is 4.91. The number of rotatable bonds is 5. The Kier molecular flexibility index (Phi) is 5.73. The van der Waals surface area contributed by atoms with Gasteiger partial charge < -0.3 is 4.74 Å². The first-order chi connectivity index (χ1) is 15.7. The molecule has 5 rings (SSSR count). The molecule has 2 saturated heterocycles. The number of carbonyl (C=O) groups excluding carboxylic acids is 2. The highest BCUT2D eigenvalue weighted by Crippen LogP contribution is 2.38. The molecule has 0 unspecified atom stereocenters. The number of nitrogens with zero attached hydrogens (tertiary/aromatic N) is 2. The van der Waals surface area contributed by atoms with Crippen LogP contribution in [0.2, 0.25) is 0 Å². The van der Waals surface area contributed by atoms with E-state index >= 15 is 0 Å². The van der Waals surface area contributed by atoms with E-state index in [1.54, 1.807) is 0 Å². The third kappa shape index (κ3) is 4.04. The van der Waals surface area contributed by atoms with E-state index in [-0.39, 0.29) is 30.4 Å². The maximum absolute atomic E-state index is 13.8. The average Bonchev–Trinajstić information content (AvgIpc) is 3.44. The smallest absolute Gasteiger partial charge is 0.417 e. The van der Waals surface area contributed by atoms with E-state index in [0.717, 1.165) is 24.2 Å². The van der Waals surface area contributed by atoms with Crippen LogP contribution < -0.4 is 0 Å². The van der Waals surface area contributed by atoms with Gasteiger partial charge in [0.25, 0.3) is 0 Å². The quantitative estimate of drug-likeness (QED) is 0.597. The van der Waals surface area contributed by atoms with Gasteiger partial charge in [-0.05, 0) is 16.7 Å². The minimum atomic E-state index is -0.544. The SMILES string of the molecule is O=C1OC[C@@H](c2ccccc2)N1C(=O)[C@H]1CN(Cc2ccccc2)C[C@@H]1c1ccccc1. The zero-order chi connectivity index (χ0) is 21.9. The lowest BCUT2D eigenvalue weighted by molar-refractivity contribution is -0.133. The normalized spacial score (nSPS) is 23.3. The summed E-state index contributed by atoms with van der Waals surface area (Å²) in [6.07, 6.45) is -0.544. The van der Waals surface area contributed by atoms with Crippen LogP contribution in [0.25, 0.3) is 0 Å². The molecule has 0 spiro atoms. The average molecular weight is 427 g/mol. The van der Waals surface area contributed by atoms with Gasteiger partial charge in [-0.3, -0.25) is 9.69 Å². The Morgan fingerprint density at radius 2 is 1.41 bits per heavy atom. The summed E-state index contributed by atoms with van der Waals surface area (Å²) in [7, 11) is 0. The number of cyclic esters (lactones) is 1. The van der Waals surface area contributed by atoms with Crippen LogP contribution in [0.4, 0.5) is 4.79 Å². The van der Waals surface area contributed by atoms with Gasteiger partial charge in [0, 0.05) is 25.6 Å². The molecule has 0 aliphatic carbocycles. The minimum absolute atomic E-state index is 0.0252. The molecule has 0 radical (unpaired) electrons. The van der Waals surface area contributed by atoms with Gasteiger partial charge in [0.2, 0.25) is 5.91 Å². The van der Waals surface area contributed by atoms with Gasteiger partial charge in [-0.1, -0.05) is 91.0 Å². The first-order valence-corrected chi connectivity index (χ1v) is 11.1. The lowest BCUT2D eigenvalue weighted by Gasteiger charge is -2.26. The third-order valence-corrected chi connectivity index (χ3v) is 6.48. The van der Waals surface area contributed by atoms with Crippen molar-refractivity contribution >= 4 is 12.0 Å². The standard InChI is InChI=1S/C27H26N2O3/c30-26(29-25(19-32-27(29)31)22-14-8-3-9-15-22)24-18-28(16-20-10-4-1-5-11-20)17-23(24)21-12-6-2-7-13-21/h1-15,23-25H,16-19H2/t23-,24+,25+/m1/s1. The number of amides is 2. The zero-order valence-electron chi connectivity index (χ0n) is 17.8. The van der Waals surface area contributed by atoms with Crippen molar-refractivity contribution in [3.8, 4) is 0 Å². The van der Waals surface area contributed by atoms with Crippen LogP contribution in [0.1, 0.15) is 28.7 Å². The van der Waals surface area contributed by atoms with Crippen molar-refractivity contribution in [3.05, 3.63) is 108 Å². The largest absolute Gasteiger partial charge is 0.446 e. The summed E-state index contributed by atoms with van der Waals surface area (Å²) in [6, 6.07) is 29.7. The van der Waals surface area contributed by atoms with E-state index < -0.39 is 6.09 Å². The second-order valence-electron chi connectivity index (χ2n) is 8.51. The molecule has 2 aliphatic heterocycles. The summed E-state index contributed by atoms with van der Waals surface area (Å²) in [5, 5.41) is 0. The van der Waals surface area contributed by atoms with Crippen LogP contribution in [-0.4, -0.2) is 41.5 Å². The van der Waals surface area contributed by atoms with Crippen LogP contribution in [0.15, 0.2) is 91.0 Å². The fraction of sp³-hybridized carbons (Fsp3) is 0.259. The molecule has 0 N–H and O–H groups in total. The van der Waals surface area contributed by atoms with Crippen LogP contribution in [0, 0.1) is 5.92 Å². The molecule has 0 saturated carbocycles. The molecule has 5 nitrogen and oxygen atoms in total. The lowest BCUT2D eigenvalue weighted by Crippen LogP contribution is -2.41. The lowest BCUT2D eigenvalue weighted by atomic mass is 9.87. The van der Waals surface area contributed by atoms with Crippen molar-refractivity contribution in [2.75, 3.05) is 19.7 Å². The Hall–Kier alpha value is -3.44. The topological polar surface area (TPSA) is 49.9 Å². The Morgan fingerprint density at radius 3 is 2.06 bits per heavy atom. The molecule has 2 fully saturated rings. The van der Waals surface area contributed by atoms with Gasteiger partial charge in [0.15, 0.2) is 0 Å². The van der Waals surface area contributed by atoms with Crippen LogP contribution in [0.3, 0.4) is 0 Å². The van der Waals surface area contributed by atoms with Crippen molar-refractivity contribution in [2.45, 2.75) is 18.5 Å². The molecular formula is C27H26N2O3. The molecule has 162 valence electrons. The number of hydrogen-bond donors (Lipinski definition) is 0. The van der Waals surface area contributed by atoms with Gasteiger partial charge in [0.05, 0.1) is 5.92 Å². The molecular weight excluding hydrogens is 400 g/mol. The maximum atomic E-state index is 13.8. The highest BCUT2D eigenvalue weighted by molar-refractivity contribution is 5.95. The summed E-state index contributed by atoms with van der Waals surface area (Å²) in [5.74, 6) is -0.430. The number of ether oxygens (including phenoxy) is 1. The zero-order valence-corrected chi connectivity index (χ0v) is 17.8. The Bertz CT molecular complexity index is 1070. The van der Waals surface area contributed by atoms with Gasteiger partial charge in [-0.15, -0.1) is 0 Å². The Balaban J connectivity index is 1.43. The first kappa shape index (κ1) is 20.5. The van der Waals surface area contributed by atoms with E-state index in [9.17, 15) is 9.59 Å². The molecule has 2 aliphatic rings. The van der Waals surface area contributed by atoms with E-state index in [1.165, 1.54) is 10.5 Å². The predicted octanol–water partition coefficient (Wildman–Crippen LogP) is 4.62. The number of benzene rings is 3. The fourth-order valence-corrected chi connectivity index (χ4v) is 4.91. The van der Waals surface area contributed by atoms with Crippen molar-refractivity contribution in [3.63, 3.8) is 0 Å². The highest BCUT2D eigenvalue weighted by Gasteiger charge is 2.47. The van der Waals surface area contributed by atoms with Crippen LogP contribution in [0.5, 0.6) is 0 Å². The second kappa shape index (κ2) is 8.97. The third-order valence-electron chi connectivity index (χ3n) is 6.48. The molecule has 0 bridgehead atoms. The molecule has 0 aromatic heterocycles. The molecule has 3 aromatic rings. The second-order valence-corrected chi connectivity index (χ2v) is 8.51. The van der Waals surface area contributed by atoms with Crippen molar-refractivity contribution in [1.82, 2.24) is 9.80 Å². The molecule has 3 aromatic carbocycles. The van der Waals surface area contributed by atoms with Gasteiger partial charge in [-0.25, -0.2) is 9.69 Å². The first-order valence-electron chi connectivity index (χ1n) is 11.1. The van der Waals surface area contributed by atoms with Gasteiger partial charge in [-0.2, -0.15) is 0 Å². The number of carbonyl (C=O) groups is 2. The Labute approximate surface area is 188 Å². The number of hydrogen-bond acceptors (Lipinski definition) is 4. The molecule has 2 heterocycles. The predicted molar refractivity (Wildman–Crippen MR) is 122 cm³/mol. The van der Waals surface area contributed by atoms with Crippen molar-refractivity contribution in [1.29, 1.82) is 0 Å². The molecule has 5 heteroatoms. The summed E-state index contributed by atoms with van der Waals surface area (Å²) in [5.41, 5.74) is 3.27. The monoisotopic (exact) mass is 426 g/mol. The van der Waals surface area contributed by atoms with Crippen molar-refractivity contribution in [2.24, 2.45) is 5.92 Å². The van der Waals surface area contributed by atoms with Gasteiger partial charge >= 0.3 is 6.09 Å². The van der Waals surface area contributed by atoms with E-state index in [1.807, 2.05) is 66.7 Å². The maximum Gasteiger partial charge on any atom is 0.417 e. The summed E-state index contributed by atoms with van der Waals surface area (Å²) in [6.45, 7) is 2.36. The molecule has 2 amide bonds. The minimum Gasteiger partial charge on any atom is -0.446 e. The van der Waals surface area contributed by atoms with Crippen molar-refractivity contribution < 1.29 is 14.3 Å². The van der Waals surface area contributed by atoms with E-state index in [4.69, 9.17) is 4.74 Å². The van der Waals surface area contributed by atoms with Crippen LogP contribution in [-0.2, 0) is 16.1 Å². The van der Waals surface area contributed by atoms with E-state index in [0.29, 0.717) is 6.54 Å².